The van der Waals surface area contributed by atoms with Gasteiger partial charge in [-0.1, -0.05) is 64.9 Å². The van der Waals surface area contributed by atoms with E-state index in [2.05, 4.69) is 19.2 Å². The van der Waals surface area contributed by atoms with Crippen LogP contribution in [0.3, 0.4) is 0 Å². The molecule has 0 saturated heterocycles. The molecule has 3 aromatic rings. The number of ether oxygens (including phenoxy) is 2. The standard InChI is InChI=1S/C30H37NO6/c1-3-5-7-8-9-11-19-35-23-17-15-22(16-18-23)29(33)31-25-14-12-13-24-26(32)21-27(37-28(24)25)30(34)36-20-10-6-4-2/h12-18,21H,3-11,19-20H2,1-2H3,(H,31,33). The molecule has 0 unspecified atom stereocenters. The highest BCUT2D eigenvalue weighted by atomic mass is 16.5. The Morgan fingerprint density at radius 2 is 1.51 bits per heavy atom. The van der Waals surface area contributed by atoms with Gasteiger partial charge in [0.25, 0.3) is 5.91 Å². The van der Waals surface area contributed by atoms with Crippen molar-refractivity contribution < 1.29 is 23.5 Å². The van der Waals surface area contributed by atoms with Crippen molar-refractivity contribution in [3.63, 3.8) is 0 Å². The Labute approximate surface area is 218 Å². The minimum atomic E-state index is -0.701. The lowest BCUT2D eigenvalue weighted by Crippen LogP contribution is -2.14. The molecule has 0 spiro atoms. The molecule has 1 N–H and O–H groups in total. The van der Waals surface area contributed by atoms with E-state index in [-0.39, 0.29) is 34.7 Å². The molecule has 1 aromatic heterocycles. The van der Waals surface area contributed by atoms with E-state index in [1.807, 2.05) is 0 Å². The molecule has 3 rings (SSSR count). The number of unbranched alkanes of at least 4 members (excludes halogenated alkanes) is 7. The predicted molar refractivity (Wildman–Crippen MR) is 146 cm³/mol. The molecular formula is C30H37NO6. The summed E-state index contributed by atoms with van der Waals surface area (Å²) in [7, 11) is 0. The van der Waals surface area contributed by atoms with Crippen molar-refractivity contribution in [1.82, 2.24) is 0 Å². The first kappa shape index (κ1) is 28.0. The Kier molecular flexibility index (Phi) is 11.2. The van der Waals surface area contributed by atoms with E-state index in [4.69, 9.17) is 13.9 Å². The van der Waals surface area contributed by atoms with E-state index in [0.29, 0.717) is 23.6 Å². The summed E-state index contributed by atoms with van der Waals surface area (Å²) >= 11 is 0. The number of anilines is 1. The van der Waals surface area contributed by atoms with Crippen molar-refractivity contribution >= 4 is 28.5 Å². The first-order valence-corrected chi connectivity index (χ1v) is 13.3. The lowest BCUT2D eigenvalue weighted by molar-refractivity contribution is 0.0462. The van der Waals surface area contributed by atoms with Gasteiger partial charge in [0.1, 0.15) is 5.75 Å². The van der Waals surface area contributed by atoms with Crippen LogP contribution in [0.2, 0.25) is 0 Å². The third-order valence-corrected chi connectivity index (χ3v) is 6.07. The normalized spacial score (nSPS) is 10.9. The van der Waals surface area contributed by atoms with Gasteiger partial charge < -0.3 is 19.2 Å². The van der Waals surface area contributed by atoms with E-state index < -0.39 is 5.97 Å². The first-order chi connectivity index (χ1) is 18.0. The fourth-order valence-electron chi connectivity index (χ4n) is 3.93. The third kappa shape index (κ3) is 8.48. The van der Waals surface area contributed by atoms with E-state index in [0.717, 1.165) is 38.2 Å². The van der Waals surface area contributed by atoms with Gasteiger partial charge in [0.2, 0.25) is 5.76 Å². The molecule has 7 heteroatoms. The maximum Gasteiger partial charge on any atom is 0.374 e. The van der Waals surface area contributed by atoms with Crippen LogP contribution < -0.4 is 15.5 Å². The zero-order chi connectivity index (χ0) is 26.5. The number of rotatable bonds is 15. The van der Waals surface area contributed by atoms with Gasteiger partial charge >= 0.3 is 5.97 Å². The number of esters is 1. The summed E-state index contributed by atoms with van der Waals surface area (Å²) in [4.78, 5) is 37.9. The van der Waals surface area contributed by atoms with Gasteiger partial charge in [0, 0.05) is 11.6 Å². The van der Waals surface area contributed by atoms with Crippen molar-refractivity contribution in [2.75, 3.05) is 18.5 Å². The number of fused-ring (bicyclic) bond motifs is 1. The minimum absolute atomic E-state index is 0.128. The van der Waals surface area contributed by atoms with E-state index >= 15 is 0 Å². The van der Waals surface area contributed by atoms with Gasteiger partial charge in [-0.2, -0.15) is 0 Å². The lowest BCUT2D eigenvalue weighted by atomic mass is 10.1. The predicted octanol–water partition coefficient (Wildman–Crippen LogP) is 7.13. The molecule has 0 aliphatic carbocycles. The largest absolute Gasteiger partial charge is 0.494 e. The maximum atomic E-state index is 12.9. The summed E-state index contributed by atoms with van der Waals surface area (Å²) in [6, 6.07) is 12.9. The Bertz CT molecular complexity index is 1210. The molecule has 37 heavy (non-hydrogen) atoms. The maximum absolute atomic E-state index is 12.9. The molecule has 0 fully saturated rings. The van der Waals surface area contributed by atoms with Gasteiger partial charge in [-0.05, 0) is 49.2 Å². The smallest absolute Gasteiger partial charge is 0.374 e. The van der Waals surface area contributed by atoms with Gasteiger partial charge in [0.05, 0.1) is 24.3 Å². The number of para-hydroxylation sites is 1. The quantitative estimate of drug-likeness (QED) is 0.174. The molecule has 0 radical (unpaired) electrons. The van der Waals surface area contributed by atoms with Crippen LogP contribution in [0.25, 0.3) is 11.0 Å². The highest BCUT2D eigenvalue weighted by Crippen LogP contribution is 2.24. The number of benzene rings is 2. The van der Waals surface area contributed by atoms with Crippen LogP contribution in [-0.4, -0.2) is 25.1 Å². The van der Waals surface area contributed by atoms with Crippen LogP contribution >= 0.6 is 0 Å². The van der Waals surface area contributed by atoms with Crippen LogP contribution in [0.5, 0.6) is 5.75 Å². The molecule has 7 nitrogen and oxygen atoms in total. The summed E-state index contributed by atoms with van der Waals surface area (Å²) in [5.74, 6) is -0.552. The lowest BCUT2D eigenvalue weighted by Gasteiger charge is -2.10. The van der Waals surface area contributed by atoms with Crippen LogP contribution in [-0.2, 0) is 4.74 Å². The Morgan fingerprint density at radius 1 is 0.838 bits per heavy atom. The molecule has 0 atom stereocenters. The van der Waals surface area contributed by atoms with Crippen molar-refractivity contribution in [3.05, 3.63) is 70.1 Å². The zero-order valence-corrected chi connectivity index (χ0v) is 21.8. The molecule has 0 bridgehead atoms. The Hall–Kier alpha value is -3.61. The van der Waals surface area contributed by atoms with Crippen LogP contribution in [0.1, 0.15) is 92.5 Å². The molecule has 198 valence electrons. The topological polar surface area (TPSA) is 94.8 Å². The number of carbonyl (C=O) groups is 2. The summed E-state index contributed by atoms with van der Waals surface area (Å²) in [5, 5.41) is 3.05. The summed E-state index contributed by atoms with van der Waals surface area (Å²) in [5.41, 5.74) is 0.467. The van der Waals surface area contributed by atoms with E-state index in [1.54, 1.807) is 42.5 Å². The number of nitrogens with one attached hydrogen (secondary N) is 1. The van der Waals surface area contributed by atoms with Gasteiger partial charge in [0.15, 0.2) is 11.0 Å². The van der Waals surface area contributed by atoms with E-state index in [1.165, 1.54) is 25.7 Å². The summed E-state index contributed by atoms with van der Waals surface area (Å²) in [6.07, 6.45) is 9.86. The van der Waals surface area contributed by atoms with Crippen LogP contribution in [0.4, 0.5) is 5.69 Å². The molecule has 1 heterocycles. The SMILES string of the molecule is CCCCCCCCOc1ccc(C(=O)Nc2cccc3c(=O)cc(C(=O)OCCCCC)oc23)cc1. The molecule has 2 aromatic carbocycles. The monoisotopic (exact) mass is 507 g/mol. The number of amides is 1. The highest BCUT2D eigenvalue weighted by molar-refractivity contribution is 6.08. The van der Waals surface area contributed by atoms with E-state index in [9.17, 15) is 14.4 Å². The zero-order valence-electron chi connectivity index (χ0n) is 21.8. The number of carbonyl (C=O) groups excluding carboxylic acids is 2. The summed E-state index contributed by atoms with van der Waals surface area (Å²) in [6.45, 7) is 5.17. The molecular weight excluding hydrogens is 470 g/mol. The Morgan fingerprint density at radius 3 is 2.27 bits per heavy atom. The molecule has 0 aliphatic rings. The van der Waals surface area contributed by atoms with Crippen LogP contribution in [0, 0.1) is 0 Å². The van der Waals surface area contributed by atoms with Gasteiger partial charge in [-0.25, -0.2) is 4.79 Å². The second-order valence-electron chi connectivity index (χ2n) is 9.09. The van der Waals surface area contributed by atoms with Crippen molar-refractivity contribution in [2.45, 2.75) is 71.6 Å². The van der Waals surface area contributed by atoms with Crippen molar-refractivity contribution in [2.24, 2.45) is 0 Å². The minimum Gasteiger partial charge on any atom is -0.494 e. The molecule has 0 aliphatic heterocycles. The van der Waals surface area contributed by atoms with Crippen molar-refractivity contribution in [1.29, 1.82) is 0 Å². The fourth-order valence-corrected chi connectivity index (χ4v) is 3.93. The van der Waals surface area contributed by atoms with Gasteiger partial charge in [-0.3, -0.25) is 9.59 Å². The second kappa shape index (κ2) is 14.8. The van der Waals surface area contributed by atoms with Crippen molar-refractivity contribution in [3.8, 4) is 5.75 Å². The number of hydrogen-bond acceptors (Lipinski definition) is 6. The third-order valence-electron chi connectivity index (χ3n) is 6.07. The first-order valence-electron chi connectivity index (χ1n) is 13.3. The average molecular weight is 508 g/mol. The Balaban J connectivity index is 1.63. The molecule has 1 amide bonds. The fraction of sp³-hybridized carbons (Fsp3) is 0.433. The second-order valence-corrected chi connectivity index (χ2v) is 9.09. The highest BCUT2D eigenvalue weighted by Gasteiger charge is 2.17. The summed E-state index contributed by atoms with van der Waals surface area (Å²) < 4.78 is 16.7. The van der Waals surface area contributed by atoms with Gasteiger partial charge in [-0.15, -0.1) is 0 Å². The van der Waals surface area contributed by atoms with Crippen LogP contribution in [0.15, 0.2) is 57.7 Å². The number of hydrogen-bond donors (Lipinski definition) is 1. The average Bonchev–Trinajstić information content (AvgIpc) is 2.91. The molecule has 0 saturated carbocycles.